The van der Waals surface area contributed by atoms with Crippen LogP contribution in [0.25, 0.3) is 0 Å². The number of hydrogen-bond acceptors (Lipinski definition) is 5. The highest BCUT2D eigenvalue weighted by atomic mass is 79.9. The second-order valence-corrected chi connectivity index (χ2v) is 6.46. The van der Waals surface area contributed by atoms with E-state index >= 15 is 0 Å². The van der Waals surface area contributed by atoms with E-state index in [1.54, 1.807) is 6.92 Å². The Hall–Kier alpha value is -0.850. The Balaban J connectivity index is 2.23. The molecular weight excluding hydrogens is 338 g/mol. The maximum atomic E-state index is 5.44. The van der Waals surface area contributed by atoms with Crippen LogP contribution >= 0.6 is 27.7 Å². The summed E-state index contributed by atoms with van der Waals surface area (Å²) in [7, 11) is 0. The van der Waals surface area contributed by atoms with Crippen molar-refractivity contribution in [1.82, 2.24) is 15.5 Å². The van der Waals surface area contributed by atoms with Crippen LogP contribution in [0.2, 0.25) is 0 Å². The number of aryl methyl sites for hydroxylation is 1. The van der Waals surface area contributed by atoms with Gasteiger partial charge in [0.15, 0.2) is 0 Å². The first kappa shape index (κ1) is 15.5. The van der Waals surface area contributed by atoms with E-state index in [0.29, 0.717) is 11.1 Å². The smallest absolute Gasteiger partial charge is 0.281 e. The van der Waals surface area contributed by atoms with Crippen molar-refractivity contribution in [3.8, 4) is 0 Å². The molecule has 1 heterocycles. The number of benzene rings is 1. The summed E-state index contributed by atoms with van der Waals surface area (Å²) in [5, 5.41) is 12.0. The van der Waals surface area contributed by atoms with Gasteiger partial charge in [-0.05, 0) is 55.4 Å². The highest BCUT2D eigenvalue weighted by molar-refractivity contribution is 9.10. The van der Waals surface area contributed by atoms with Crippen molar-refractivity contribution in [3.63, 3.8) is 0 Å². The SMILES string of the molecule is CCCNC(C)c1cc(Br)ccc1Sc1nnc(C)o1. The lowest BCUT2D eigenvalue weighted by atomic mass is 10.1. The zero-order chi connectivity index (χ0) is 14.5. The molecule has 4 nitrogen and oxygen atoms in total. The van der Waals surface area contributed by atoms with Crippen LogP contribution in [0, 0.1) is 6.92 Å². The lowest BCUT2D eigenvalue weighted by Crippen LogP contribution is -2.19. The van der Waals surface area contributed by atoms with Crippen LogP contribution in [-0.2, 0) is 0 Å². The molecule has 0 aliphatic heterocycles. The van der Waals surface area contributed by atoms with E-state index in [2.05, 4.69) is 57.4 Å². The van der Waals surface area contributed by atoms with Gasteiger partial charge in [-0.2, -0.15) is 0 Å². The van der Waals surface area contributed by atoms with Crippen molar-refractivity contribution >= 4 is 27.7 Å². The Morgan fingerprint density at radius 2 is 2.20 bits per heavy atom. The van der Waals surface area contributed by atoms with Crippen molar-refractivity contribution in [2.45, 2.75) is 43.4 Å². The van der Waals surface area contributed by atoms with E-state index in [9.17, 15) is 0 Å². The normalized spacial score (nSPS) is 12.6. The van der Waals surface area contributed by atoms with Gasteiger partial charge in [0.25, 0.3) is 5.22 Å². The number of aromatic nitrogens is 2. The predicted octanol–water partition coefficient (Wildman–Crippen LogP) is 4.35. The van der Waals surface area contributed by atoms with Crippen molar-refractivity contribution < 1.29 is 4.42 Å². The van der Waals surface area contributed by atoms with Crippen LogP contribution in [0.5, 0.6) is 0 Å². The van der Waals surface area contributed by atoms with E-state index in [0.717, 1.165) is 22.3 Å². The number of hydrogen-bond donors (Lipinski definition) is 1. The van der Waals surface area contributed by atoms with E-state index in [1.807, 2.05) is 6.07 Å². The van der Waals surface area contributed by atoms with Gasteiger partial charge >= 0.3 is 0 Å². The van der Waals surface area contributed by atoms with Crippen molar-refractivity contribution in [2.75, 3.05) is 6.54 Å². The molecule has 6 heteroatoms. The standard InChI is InChI=1S/C14H18BrN3OS/c1-4-7-16-9(2)12-8-11(15)5-6-13(12)20-14-18-17-10(3)19-14/h5-6,8-9,16H,4,7H2,1-3H3. The molecule has 1 atom stereocenters. The second kappa shape index (κ2) is 7.24. The van der Waals surface area contributed by atoms with Gasteiger partial charge in [0, 0.05) is 22.3 Å². The average Bonchev–Trinajstić information content (AvgIpc) is 2.83. The molecule has 0 fully saturated rings. The van der Waals surface area contributed by atoms with E-state index in [-0.39, 0.29) is 6.04 Å². The molecule has 2 aromatic rings. The first-order valence-corrected chi connectivity index (χ1v) is 8.22. The maximum Gasteiger partial charge on any atom is 0.281 e. The van der Waals surface area contributed by atoms with E-state index in [1.165, 1.54) is 17.3 Å². The van der Waals surface area contributed by atoms with E-state index in [4.69, 9.17) is 4.42 Å². The van der Waals surface area contributed by atoms with E-state index < -0.39 is 0 Å². The Kier molecular flexibility index (Phi) is 5.63. The highest BCUT2D eigenvalue weighted by Crippen LogP contribution is 2.34. The topological polar surface area (TPSA) is 51.0 Å². The Morgan fingerprint density at radius 3 is 2.85 bits per heavy atom. The maximum absolute atomic E-state index is 5.44. The summed E-state index contributed by atoms with van der Waals surface area (Å²) < 4.78 is 6.52. The van der Waals surface area contributed by atoms with Crippen LogP contribution in [-0.4, -0.2) is 16.7 Å². The summed E-state index contributed by atoms with van der Waals surface area (Å²) in [5.41, 5.74) is 1.23. The molecule has 0 saturated carbocycles. The van der Waals surface area contributed by atoms with Crippen molar-refractivity contribution in [2.24, 2.45) is 0 Å². The number of nitrogens with one attached hydrogen (secondary N) is 1. The molecule has 0 bridgehead atoms. The number of rotatable bonds is 6. The van der Waals surface area contributed by atoms with Crippen molar-refractivity contribution in [1.29, 1.82) is 0 Å². The zero-order valence-electron chi connectivity index (χ0n) is 11.8. The van der Waals surface area contributed by atoms with Crippen LogP contribution in [0.3, 0.4) is 0 Å². The molecule has 2 rings (SSSR count). The lowest BCUT2D eigenvalue weighted by molar-refractivity contribution is 0.429. The molecule has 0 spiro atoms. The largest absolute Gasteiger partial charge is 0.416 e. The Labute approximate surface area is 131 Å². The minimum Gasteiger partial charge on any atom is -0.416 e. The fourth-order valence-electron chi connectivity index (χ4n) is 1.84. The molecule has 0 radical (unpaired) electrons. The summed E-state index contributed by atoms with van der Waals surface area (Å²) in [6.07, 6.45) is 1.11. The van der Waals surface area contributed by atoms with Gasteiger partial charge < -0.3 is 9.73 Å². The third kappa shape index (κ3) is 4.07. The number of nitrogens with zero attached hydrogens (tertiary/aromatic N) is 2. The van der Waals surface area contributed by atoms with Crippen LogP contribution < -0.4 is 5.32 Å². The third-order valence-electron chi connectivity index (χ3n) is 2.84. The van der Waals surface area contributed by atoms with Gasteiger partial charge in [0.1, 0.15) is 0 Å². The fraction of sp³-hybridized carbons (Fsp3) is 0.429. The average molecular weight is 356 g/mol. The van der Waals surface area contributed by atoms with Crippen LogP contribution in [0.4, 0.5) is 0 Å². The molecule has 0 amide bonds. The van der Waals surface area contributed by atoms with Crippen molar-refractivity contribution in [3.05, 3.63) is 34.1 Å². The molecule has 1 aromatic carbocycles. The quantitative estimate of drug-likeness (QED) is 0.834. The lowest BCUT2D eigenvalue weighted by Gasteiger charge is -2.17. The predicted molar refractivity (Wildman–Crippen MR) is 84.0 cm³/mol. The summed E-state index contributed by atoms with van der Waals surface area (Å²) >= 11 is 5.04. The zero-order valence-corrected chi connectivity index (χ0v) is 14.2. The molecule has 20 heavy (non-hydrogen) atoms. The summed E-state index contributed by atoms with van der Waals surface area (Å²) in [6, 6.07) is 6.52. The highest BCUT2D eigenvalue weighted by Gasteiger charge is 2.14. The Morgan fingerprint density at radius 1 is 1.40 bits per heavy atom. The molecule has 0 aliphatic rings. The fourth-order valence-corrected chi connectivity index (χ4v) is 3.14. The van der Waals surface area contributed by atoms with Crippen LogP contribution in [0.1, 0.15) is 37.8 Å². The summed E-state index contributed by atoms with van der Waals surface area (Å²) in [5.74, 6) is 0.586. The second-order valence-electron chi connectivity index (χ2n) is 4.55. The third-order valence-corrected chi connectivity index (χ3v) is 4.27. The summed E-state index contributed by atoms with van der Waals surface area (Å²) in [6.45, 7) is 7.13. The molecule has 0 aliphatic carbocycles. The van der Waals surface area contributed by atoms with Gasteiger partial charge in [-0.3, -0.25) is 0 Å². The minimum atomic E-state index is 0.277. The van der Waals surface area contributed by atoms with Gasteiger partial charge in [0.05, 0.1) is 0 Å². The molecule has 1 unspecified atom stereocenters. The molecule has 108 valence electrons. The first-order valence-electron chi connectivity index (χ1n) is 6.61. The van der Waals surface area contributed by atoms with Gasteiger partial charge in [-0.1, -0.05) is 22.9 Å². The molecule has 1 N–H and O–H groups in total. The van der Waals surface area contributed by atoms with Crippen LogP contribution in [0.15, 0.2) is 37.2 Å². The Bertz CT molecular complexity index is 573. The minimum absolute atomic E-state index is 0.277. The van der Waals surface area contributed by atoms with Gasteiger partial charge in [0.2, 0.25) is 5.89 Å². The molecule has 0 saturated heterocycles. The molecule has 1 aromatic heterocycles. The monoisotopic (exact) mass is 355 g/mol. The van der Waals surface area contributed by atoms with Gasteiger partial charge in [-0.15, -0.1) is 10.2 Å². The number of halogens is 1. The summed E-state index contributed by atoms with van der Waals surface area (Å²) in [4.78, 5) is 1.13. The van der Waals surface area contributed by atoms with Gasteiger partial charge in [-0.25, -0.2) is 0 Å². The molecular formula is C14H18BrN3OS. The first-order chi connectivity index (χ1) is 9.60.